The van der Waals surface area contributed by atoms with Crippen molar-refractivity contribution in [3.05, 3.63) is 33.7 Å². The fourth-order valence-corrected chi connectivity index (χ4v) is 2.06. The summed E-state index contributed by atoms with van der Waals surface area (Å²) in [5.41, 5.74) is 6.76. The van der Waals surface area contributed by atoms with E-state index in [-0.39, 0.29) is 30.4 Å². The van der Waals surface area contributed by atoms with E-state index in [1.165, 1.54) is 10.8 Å². The summed E-state index contributed by atoms with van der Waals surface area (Å²) < 4.78 is 15.8. The molecule has 0 aliphatic carbocycles. The Morgan fingerprint density at radius 1 is 1.42 bits per heavy atom. The van der Waals surface area contributed by atoms with Gasteiger partial charge in [0.2, 0.25) is 16.6 Å². The maximum Gasteiger partial charge on any atom is 0.442 e. The van der Waals surface area contributed by atoms with Gasteiger partial charge in [0.05, 0.1) is 11.6 Å². The number of aromatic nitrogens is 4. The predicted molar refractivity (Wildman–Crippen MR) is 77.5 cm³/mol. The number of halogens is 1. The molecule has 0 spiro atoms. The molecule has 0 radical (unpaired) electrons. The van der Waals surface area contributed by atoms with Crippen LogP contribution in [0.3, 0.4) is 0 Å². The summed E-state index contributed by atoms with van der Waals surface area (Å²) in [5.74, 6) is 0.0935. The molecule has 0 bridgehead atoms. The van der Waals surface area contributed by atoms with E-state index in [0.717, 1.165) is 0 Å². The summed E-state index contributed by atoms with van der Waals surface area (Å²) in [6, 6.07) is 1.57. The van der Waals surface area contributed by atoms with Crippen molar-refractivity contribution < 1.29 is 13.6 Å². The third-order valence-electron chi connectivity index (χ3n) is 2.90. The van der Waals surface area contributed by atoms with Crippen molar-refractivity contribution in [1.29, 1.82) is 5.53 Å². The van der Waals surface area contributed by atoms with Crippen LogP contribution in [0, 0.1) is 5.53 Å². The molecular weight excluding hydrogens is 344 g/mol. The van der Waals surface area contributed by atoms with Gasteiger partial charge in [-0.25, -0.2) is 14.0 Å². The second-order valence-corrected chi connectivity index (χ2v) is 4.88. The molecule has 3 heterocycles. The van der Waals surface area contributed by atoms with E-state index in [4.69, 9.17) is 21.5 Å². The van der Waals surface area contributed by atoms with Crippen LogP contribution in [-0.4, -0.2) is 33.1 Å². The zero-order valence-corrected chi connectivity index (χ0v) is 12.7. The van der Waals surface area contributed by atoms with Gasteiger partial charge in [0.1, 0.15) is 29.2 Å². The summed E-state index contributed by atoms with van der Waals surface area (Å²) in [5, 5.41) is 17.9. The van der Waals surface area contributed by atoms with Crippen molar-refractivity contribution in [3.8, 4) is 11.5 Å². The topological polar surface area (TPSA) is 162 Å². The van der Waals surface area contributed by atoms with Gasteiger partial charge in [-0.3, -0.25) is 4.52 Å². The van der Waals surface area contributed by atoms with E-state index in [1.54, 1.807) is 6.07 Å². The first-order chi connectivity index (χ1) is 11.7. The van der Waals surface area contributed by atoms with E-state index >= 15 is 0 Å². The number of anilines is 1. The zero-order valence-electron chi connectivity index (χ0n) is 12.0. The lowest BCUT2D eigenvalue weighted by Gasteiger charge is -2.01. The molecule has 0 aliphatic rings. The Kier molecular flexibility index (Phi) is 4.50. The lowest BCUT2D eigenvalue weighted by atomic mass is 10.3. The molecule has 24 heavy (non-hydrogen) atoms. The van der Waals surface area contributed by atoms with E-state index in [2.05, 4.69) is 40.0 Å². The molecule has 0 fully saturated rings. The van der Waals surface area contributed by atoms with Gasteiger partial charge < -0.3 is 9.73 Å². The second-order valence-electron chi connectivity index (χ2n) is 4.44. The Hall–Kier alpha value is -3.24. The fraction of sp³-hybridized carbons (Fsp3) is 0.273. The van der Waals surface area contributed by atoms with Crippen LogP contribution in [0.15, 0.2) is 35.8 Å². The highest BCUT2D eigenvalue weighted by atomic mass is 35.5. The van der Waals surface area contributed by atoms with Crippen LogP contribution in [0.1, 0.15) is 5.76 Å². The summed E-state index contributed by atoms with van der Waals surface area (Å²) in [7, 11) is 0. The van der Waals surface area contributed by atoms with E-state index < -0.39 is 5.76 Å². The highest BCUT2D eigenvalue weighted by molar-refractivity contribution is 6.30. The highest BCUT2D eigenvalue weighted by Gasteiger charge is 2.22. The number of rotatable bonds is 7. The third kappa shape index (κ3) is 3.24. The molecule has 12 nitrogen and oxygen atoms in total. The SMILES string of the molecule is N=[N+]=NCCNc1nonc1-c1noc(=O)n1Cc1cc(Cl)co1. The van der Waals surface area contributed by atoms with Crippen LogP contribution in [0.4, 0.5) is 5.82 Å². The van der Waals surface area contributed by atoms with Crippen LogP contribution < -0.4 is 16.0 Å². The number of nitrogens with one attached hydrogen (secondary N) is 2. The Bertz CT molecular complexity index is 934. The van der Waals surface area contributed by atoms with Crippen LogP contribution in [0.25, 0.3) is 11.5 Å². The third-order valence-corrected chi connectivity index (χ3v) is 3.10. The van der Waals surface area contributed by atoms with Crippen molar-refractivity contribution >= 4 is 17.4 Å². The van der Waals surface area contributed by atoms with Crippen LogP contribution >= 0.6 is 11.6 Å². The number of hydrogen-bond acceptors (Lipinski definition) is 10. The Morgan fingerprint density at radius 2 is 2.29 bits per heavy atom. The largest absolute Gasteiger partial charge is 0.466 e. The average molecular weight is 354 g/mol. The lowest BCUT2D eigenvalue weighted by Crippen LogP contribution is -2.16. The minimum atomic E-state index is -0.700. The molecule has 0 aliphatic heterocycles. The average Bonchev–Trinajstić information content (AvgIpc) is 3.27. The number of furan rings is 1. The molecule has 124 valence electrons. The van der Waals surface area contributed by atoms with Gasteiger partial charge in [-0.15, -0.1) is 0 Å². The normalized spacial score (nSPS) is 10.5. The van der Waals surface area contributed by atoms with Crippen molar-refractivity contribution in [2.24, 2.45) is 5.11 Å². The first kappa shape index (κ1) is 15.6. The van der Waals surface area contributed by atoms with Gasteiger partial charge in [0.25, 0.3) is 0 Å². The molecule has 0 atom stereocenters. The summed E-state index contributed by atoms with van der Waals surface area (Å²) >= 11 is 5.79. The molecule has 2 N–H and O–H groups in total. The molecule has 3 rings (SSSR count). The molecule has 13 heteroatoms. The molecule has 0 saturated heterocycles. The Balaban J connectivity index is 1.86. The van der Waals surface area contributed by atoms with Crippen molar-refractivity contribution in [2.75, 3.05) is 18.4 Å². The Labute approximate surface area is 137 Å². The maximum atomic E-state index is 11.9. The first-order valence-electron chi connectivity index (χ1n) is 6.58. The van der Waals surface area contributed by atoms with Gasteiger partial charge in [0.15, 0.2) is 5.69 Å². The second kappa shape index (κ2) is 6.89. The lowest BCUT2D eigenvalue weighted by molar-refractivity contribution is 0.309. The molecule has 0 unspecified atom stereocenters. The smallest absolute Gasteiger partial charge is 0.442 e. The molecule has 3 aromatic rings. The summed E-state index contributed by atoms with van der Waals surface area (Å²) in [4.78, 5) is 14.8. The molecule has 3 aromatic heterocycles. The molecule has 0 amide bonds. The zero-order chi connectivity index (χ0) is 16.9. The number of hydrogen-bond donors (Lipinski definition) is 2. The quantitative estimate of drug-likeness (QED) is 0.363. The summed E-state index contributed by atoms with van der Waals surface area (Å²) in [6.07, 6.45) is 1.35. The van der Waals surface area contributed by atoms with Gasteiger partial charge in [-0.05, 0) is 10.3 Å². The van der Waals surface area contributed by atoms with Crippen molar-refractivity contribution in [3.63, 3.8) is 0 Å². The van der Waals surface area contributed by atoms with Crippen molar-refractivity contribution in [2.45, 2.75) is 6.54 Å². The standard InChI is InChI=1S/C11H10ClN8O4/c12-6-3-7(22-5-6)4-20-10(18-23-11(20)21)8-9(17-24-16-8)14-1-2-15-19-13/h3,5,13H,1-2,4H2,(H,14,17)/q+1. The van der Waals surface area contributed by atoms with E-state index in [1.807, 2.05) is 0 Å². The van der Waals surface area contributed by atoms with Crippen LogP contribution in [0.2, 0.25) is 5.02 Å². The predicted octanol–water partition coefficient (Wildman–Crippen LogP) is 1.14. The first-order valence-corrected chi connectivity index (χ1v) is 6.96. The fourth-order valence-electron chi connectivity index (χ4n) is 1.90. The van der Waals surface area contributed by atoms with Gasteiger partial charge >= 0.3 is 5.76 Å². The van der Waals surface area contributed by atoms with Gasteiger partial charge in [0, 0.05) is 12.6 Å². The van der Waals surface area contributed by atoms with E-state index in [0.29, 0.717) is 17.3 Å². The molecule has 0 aromatic carbocycles. The van der Waals surface area contributed by atoms with E-state index in [9.17, 15) is 4.79 Å². The maximum absolute atomic E-state index is 11.9. The molecule has 0 saturated carbocycles. The molecular formula is C11H10ClN8O4+. The van der Waals surface area contributed by atoms with Crippen LogP contribution in [-0.2, 0) is 6.54 Å². The highest BCUT2D eigenvalue weighted by Crippen LogP contribution is 2.23. The van der Waals surface area contributed by atoms with Crippen LogP contribution in [0.5, 0.6) is 0 Å². The van der Waals surface area contributed by atoms with Crippen molar-refractivity contribution in [1.82, 2.24) is 24.9 Å². The summed E-state index contributed by atoms with van der Waals surface area (Å²) in [6.45, 7) is 0.634. The number of nitrogens with zero attached hydrogens (tertiary/aromatic N) is 6. The van der Waals surface area contributed by atoms with Gasteiger partial charge in [-0.1, -0.05) is 16.8 Å². The minimum Gasteiger partial charge on any atom is -0.466 e. The monoisotopic (exact) mass is 353 g/mol. The Morgan fingerprint density at radius 3 is 3.04 bits per heavy atom. The minimum absolute atomic E-state index is 0.0454. The van der Waals surface area contributed by atoms with Gasteiger partial charge in [-0.2, -0.15) is 0 Å².